The Labute approximate surface area is 194 Å². The zero-order valence-electron chi connectivity index (χ0n) is 17.3. The van der Waals surface area contributed by atoms with Crippen molar-refractivity contribution in [1.29, 1.82) is 0 Å². The van der Waals surface area contributed by atoms with E-state index in [2.05, 4.69) is 20.4 Å². The molecule has 32 heavy (non-hydrogen) atoms. The number of nitrogens with zero attached hydrogens (tertiary/aromatic N) is 4. The molecule has 3 heterocycles. The lowest BCUT2D eigenvalue weighted by Gasteiger charge is -2.19. The summed E-state index contributed by atoms with van der Waals surface area (Å²) in [6.07, 6.45) is 2.25. The quantitative estimate of drug-likeness (QED) is 0.526. The van der Waals surface area contributed by atoms with E-state index in [1.807, 2.05) is 47.0 Å². The van der Waals surface area contributed by atoms with Gasteiger partial charge < -0.3 is 19.7 Å². The summed E-state index contributed by atoms with van der Waals surface area (Å²) in [5, 5.41) is 13.0. The van der Waals surface area contributed by atoms with E-state index in [4.69, 9.17) is 21.1 Å². The van der Waals surface area contributed by atoms with Crippen molar-refractivity contribution in [1.82, 2.24) is 20.1 Å². The van der Waals surface area contributed by atoms with E-state index in [-0.39, 0.29) is 18.5 Å². The molecule has 0 saturated carbocycles. The van der Waals surface area contributed by atoms with Crippen LogP contribution in [0.3, 0.4) is 0 Å². The molecule has 3 aromatic rings. The Morgan fingerprint density at radius 3 is 2.75 bits per heavy atom. The van der Waals surface area contributed by atoms with Crippen LogP contribution in [0.15, 0.2) is 47.6 Å². The first-order valence-corrected chi connectivity index (χ1v) is 11.8. The van der Waals surface area contributed by atoms with Crippen molar-refractivity contribution in [3.63, 3.8) is 0 Å². The van der Waals surface area contributed by atoms with E-state index in [1.54, 1.807) is 0 Å². The van der Waals surface area contributed by atoms with E-state index in [0.29, 0.717) is 22.5 Å². The molecule has 10 heteroatoms. The number of hydrogen-bond acceptors (Lipinski definition) is 7. The molecular weight excluding hydrogens is 450 g/mol. The number of ether oxygens (including phenoxy) is 2. The highest BCUT2D eigenvalue weighted by Gasteiger charge is 2.24. The van der Waals surface area contributed by atoms with Crippen LogP contribution in [0.25, 0.3) is 5.69 Å². The van der Waals surface area contributed by atoms with Gasteiger partial charge >= 0.3 is 0 Å². The molecule has 1 amide bonds. The molecule has 0 radical (unpaired) electrons. The minimum atomic E-state index is -0.0934. The lowest BCUT2D eigenvalue weighted by Crippen LogP contribution is -2.25. The number of carbonyl (C=O) groups is 1. The van der Waals surface area contributed by atoms with Crippen LogP contribution in [0.2, 0.25) is 5.02 Å². The van der Waals surface area contributed by atoms with E-state index in [0.717, 1.165) is 48.9 Å². The van der Waals surface area contributed by atoms with E-state index >= 15 is 0 Å². The van der Waals surface area contributed by atoms with Crippen LogP contribution >= 0.6 is 23.4 Å². The van der Waals surface area contributed by atoms with Gasteiger partial charge in [0.25, 0.3) is 0 Å². The summed E-state index contributed by atoms with van der Waals surface area (Å²) in [7, 11) is 0. The second-order valence-electron chi connectivity index (χ2n) is 7.52. The Morgan fingerprint density at radius 2 is 1.91 bits per heavy atom. The maximum atomic E-state index is 12.5. The number of hydrogen-bond donors (Lipinski definition) is 1. The number of rotatable bonds is 7. The molecule has 0 aliphatic carbocycles. The van der Waals surface area contributed by atoms with Gasteiger partial charge in [-0.15, -0.1) is 10.2 Å². The van der Waals surface area contributed by atoms with Crippen LogP contribution in [0.1, 0.15) is 18.4 Å². The van der Waals surface area contributed by atoms with Crippen molar-refractivity contribution in [2.45, 2.75) is 24.5 Å². The van der Waals surface area contributed by atoms with Gasteiger partial charge in [-0.2, -0.15) is 0 Å². The maximum absolute atomic E-state index is 12.5. The zero-order chi connectivity index (χ0) is 21.9. The Morgan fingerprint density at radius 1 is 1.09 bits per heavy atom. The lowest BCUT2D eigenvalue weighted by atomic mass is 10.2. The van der Waals surface area contributed by atoms with Gasteiger partial charge in [-0.3, -0.25) is 9.36 Å². The van der Waals surface area contributed by atoms with Crippen LogP contribution in [-0.2, 0) is 11.3 Å². The average Bonchev–Trinajstić information content (AvgIpc) is 3.56. The number of fused-ring (bicyclic) bond motifs is 1. The molecule has 0 atom stereocenters. The fourth-order valence-corrected chi connectivity index (χ4v) is 4.74. The number of aromatic nitrogens is 3. The Bertz CT molecular complexity index is 1130. The molecule has 1 fully saturated rings. The Hall–Kier alpha value is -2.91. The molecule has 2 aromatic carbocycles. The van der Waals surface area contributed by atoms with Crippen molar-refractivity contribution >= 4 is 35.2 Å². The highest BCUT2D eigenvalue weighted by Crippen LogP contribution is 2.33. The largest absolute Gasteiger partial charge is 0.454 e. The number of amides is 1. The summed E-state index contributed by atoms with van der Waals surface area (Å²) in [5.74, 6) is 2.31. The summed E-state index contributed by atoms with van der Waals surface area (Å²) in [6, 6.07) is 13.3. The number of benzene rings is 2. The zero-order valence-corrected chi connectivity index (χ0v) is 18.9. The predicted molar refractivity (Wildman–Crippen MR) is 123 cm³/mol. The molecule has 0 bridgehead atoms. The number of para-hydroxylation sites is 1. The first kappa shape index (κ1) is 21.0. The molecule has 1 N–H and O–H groups in total. The Balaban J connectivity index is 1.27. The number of anilines is 1. The van der Waals surface area contributed by atoms with Gasteiger partial charge in [0.2, 0.25) is 18.6 Å². The van der Waals surface area contributed by atoms with Crippen molar-refractivity contribution in [3.05, 3.63) is 53.1 Å². The topological polar surface area (TPSA) is 81.5 Å². The van der Waals surface area contributed by atoms with E-state index in [1.165, 1.54) is 11.8 Å². The highest BCUT2D eigenvalue weighted by molar-refractivity contribution is 7.99. The molecule has 166 valence electrons. The summed E-state index contributed by atoms with van der Waals surface area (Å²) in [6.45, 7) is 2.51. The van der Waals surface area contributed by atoms with Gasteiger partial charge in [-0.1, -0.05) is 41.6 Å². The smallest absolute Gasteiger partial charge is 0.232 e. The first-order chi connectivity index (χ1) is 15.7. The van der Waals surface area contributed by atoms with Crippen LogP contribution in [0, 0.1) is 0 Å². The van der Waals surface area contributed by atoms with Crippen molar-refractivity contribution < 1.29 is 14.3 Å². The monoisotopic (exact) mass is 471 g/mol. The first-order valence-electron chi connectivity index (χ1n) is 10.4. The van der Waals surface area contributed by atoms with Crippen LogP contribution in [0.4, 0.5) is 5.95 Å². The fraction of sp³-hybridized carbons (Fsp3) is 0.318. The summed E-state index contributed by atoms with van der Waals surface area (Å²) in [4.78, 5) is 14.7. The van der Waals surface area contributed by atoms with Gasteiger partial charge in [0.15, 0.2) is 16.7 Å². The Kier molecular flexibility index (Phi) is 6.09. The van der Waals surface area contributed by atoms with Crippen molar-refractivity contribution in [2.75, 3.05) is 30.5 Å². The summed E-state index contributed by atoms with van der Waals surface area (Å²) >= 11 is 7.83. The van der Waals surface area contributed by atoms with Gasteiger partial charge in [0.05, 0.1) is 16.5 Å². The normalized spacial score (nSPS) is 14.7. The second-order valence-corrected chi connectivity index (χ2v) is 8.87. The molecule has 8 nitrogen and oxygen atoms in total. The minimum Gasteiger partial charge on any atom is -0.454 e. The van der Waals surface area contributed by atoms with Crippen molar-refractivity contribution in [2.24, 2.45) is 0 Å². The highest BCUT2D eigenvalue weighted by atomic mass is 35.5. The van der Waals surface area contributed by atoms with Gasteiger partial charge in [-0.05, 0) is 42.7 Å². The number of thioether (sulfide) groups is 1. The molecule has 1 saturated heterocycles. The number of halogens is 1. The number of nitrogens with one attached hydrogen (secondary N) is 1. The summed E-state index contributed by atoms with van der Waals surface area (Å²) in [5.41, 5.74) is 1.76. The van der Waals surface area contributed by atoms with E-state index in [9.17, 15) is 4.79 Å². The summed E-state index contributed by atoms with van der Waals surface area (Å²) < 4.78 is 12.7. The van der Waals surface area contributed by atoms with Crippen LogP contribution in [0.5, 0.6) is 11.5 Å². The van der Waals surface area contributed by atoms with Gasteiger partial charge in [0, 0.05) is 19.6 Å². The second kappa shape index (κ2) is 9.30. The SMILES string of the molecule is O=C(CSc1nnc(N2CCCC2)n1-c1ccccc1Cl)NCc1ccc2c(c1)OCO2. The number of carbonyl (C=O) groups excluding carboxylic acids is 1. The average molecular weight is 472 g/mol. The molecular formula is C22H22ClN5O3S. The maximum Gasteiger partial charge on any atom is 0.232 e. The van der Waals surface area contributed by atoms with Crippen molar-refractivity contribution in [3.8, 4) is 17.2 Å². The molecule has 2 aliphatic rings. The van der Waals surface area contributed by atoms with Crippen LogP contribution < -0.4 is 19.7 Å². The van der Waals surface area contributed by atoms with Crippen LogP contribution in [-0.4, -0.2) is 46.3 Å². The lowest BCUT2D eigenvalue weighted by molar-refractivity contribution is -0.118. The standard InChI is InChI=1S/C22H22ClN5O3S/c23-16-5-1-2-6-17(16)28-21(27-9-3-4-10-27)25-26-22(28)32-13-20(29)24-12-15-7-8-18-19(11-15)31-14-30-18/h1-2,5-8,11H,3-4,9-10,12-14H2,(H,24,29). The minimum absolute atomic E-state index is 0.0934. The third-order valence-electron chi connectivity index (χ3n) is 5.36. The molecule has 5 rings (SSSR count). The molecule has 1 aromatic heterocycles. The van der Waals surface area contributed by atoms with E-state index < -0.39 is 0 Å². The fourth-order valence-electron chi connectivity index (χ4n) is 3.75. The van der Waals surface area contributed by atoms with Gasteiger partial charge in [0.1, 0.15) is 0 Å². The molecule has 0 unspecified atom stereocenters. The predicted octanol–water partition coefficient (Wildman–Crippen LogP) is 3.66. The third-order valence-corrected chi connectivity index (χ3v) is 6.61. The molecule has 0 spiro atoms. The molecule has 2 aliphatic heterocycles. The van der Waals surface area contributed by atoms with Gasteiger partial charge in [-0.25, -0.2) is 0 Å². The third kappa shape index (κ3) is 4.35.